The molecule has 0 aromatic heterocycles. The standard InChI is InChI=1S/C23H30N4O4/c28-21(23-12-17-8-18(13-23)10-19(9-17)14-23)25-4-6-26(7-5-25)22(29)24-15-16-2-1-3-20(11-16)27(30)31/h1-3,11,17-19H,4-10,12-15H2,(H,24,29). The Morgan fingerprint density at radius 3 is 2.16 bits per heavy atom. The summed E-state index contributed by atoms with van der Waals surface area (Å²) in [6, 6.07) is 6.10. The van der Waals surface area contributed by atoms with Crippen molar-refractivity contribution in [2.45, 2.75) is 45.1 Å². The molecule has 1 aliphatic heterocycles. The van der Waals surface area contributed by atoms with Crippen LogP contribution in [0.3, 0.4) is 0 Å². The van der Waals surface area contributed by atoms with Gasteiger partial charge in [0.15, 0.2) is 0 Å². The first-order chi connectivity index (χ1) is 14.9. The molecule has 4 saturated carbocycles. The van der Waals surface area contributed by atoms with Gasteiger partial charge in [0.2, 0.25) is 5.91 Å². The van der Waals surface area contributed by atoms with E-state index in [1.807, 2.05) is 4.90 Å². The van der Waals surface area contributed by atoms with Crippen molar-refractivity contribution in [1.82, 2.24) is 15.1 Å². The lowest BCUT2D eigenvalue weighted by atomic mass is 9.49. The molecule has 6 rings (SSSR count). The molecule has 166 valence electrons. The van der Waals surface area contributed by atoms with Gasteiger partial charge in [-0.25, -0.2) is 4.79 Å². The summed E-state index contributed by atoms with van der Waals surface area (Å²) in [5.41, 5.74) is 0.586. The van der Waals surface area contributed by atoms with Crippen LogP contribution in [0.2, 0.25) is 0 Å². The highest BCUT2D eigenvalue weighted by Crippen LogP contribution is 2.60. The minimum Gasteiger partial charge on any atom is -0.339 e. The number of non-ortho nitro benzene ring substituents is 1. The first kappa shape index (κ1) is 20.3. The Morgan fingerprint density at radius 1 is 1.00 bits per heavy atom. The van der Waals surface area contributed by atoms with Crippen LogP contribution in [0.15, 0.2) is 24.3 Å². The topological polar surface area (TPSA) is 95.8 Å². The van der Waals surface area contributed by atoms with Crippen LogP contribution in [-0.4, -0.2) is 52.8 Å². The minimum absolute atomic E-state index is 0.0172. The zero-order chi connectivity index (χ0) is 21.6. The molecule has 0 spiro atoms. The van der Waals surface area contributed by atoms with Crippen molar-refractivity contribution >= 4 is 17.6 Å². The predicted octanol–water partition coefficient (Wildman–Crippen LogP) is 3.17. The van der Waals surface area contributed by atoms with Gasteiger partial charge in [0, 0.05) is 44.9 Å². The second kappa shape index (κ2) is 7.80. The number of carbonyl (C=O) groups is 2. The number of rotatable bonds is 4. The van der Waals surface area contributed by atoms with Gasteiger partial charge in [-0.15, -0.1) is 0 Å². The molecule has 31 heavy (non-hydrogen) atoms. The van der Waals surface area contributed by atoms with Gasteiger partial charge >= 0.3 is 6.03 Å². The van der Waals surface area contributed by atoms with E-state index < -0.39 is 4.92 Å². The molecule has 0 unspecified atom stereocenters. The lowest BCUT2D eigenvalue weighted by molar-refractivity contribution is -0.384. The third-order valence-electron chi connectivity index (χ3n) is 7.91. The van der Waals surface area contributed by atoms with Crippen LogP contribution in [0.4, 0.5) is 10.5 Å². The number of nitrogens with zero attached hydrogens (tertiary/aromatic N) is 3. The molecule has 8 nitrogen and oxygen atoms in total. The molecule has 8 heteroatoms. The Balaban J connectivity index is 1.14. The van der Waals surface area contributed by atoms with Crippen LogP contribution < -0.4 is 5.32 Å². The van der Waals surface area contributed by atoms with Crippen molar-refractivity contribution in [3.05, 3.63) is 39.9 Å². The van der Waals surface area contributed by atoms with Gasteiger partial charge in [-0.1, -0.05) is 12.1 Å². The normalized spacial score (nSPS) is 31.5. The number of carbonyl (C=O) groups excluding carboxylic acids is 2. The van der Waals surface area contributed by atoms with E-state index >= 15 is 0 Å². The van der Waals surface area contributed by atoms with Crippen molar-refractivity contribution in [2.24, 2.45) is 23.2 Å². The molecule has 1 saturated heterocycles. The monoisotopic (exact) mass is 426 g/mol. The summed E-state index contributed by atoms with van der Waals surface area (Å²) in [6.07, 6.45) is 7.19. The molecular weight excluding hydrogens is 396 g/mol. The van der Waals surface area contributed by atoms with Gasteiger partial charge in [0.25, 0.3) is 5.69 Å². The zero-order valence-electron chi connectivity index (χ0n) is 17.8. The van der Waals surface area contributed by atoms with E-state index in [1.54, 1.807) is 17.0 Å². The van der Waals surface area contributed by atoms with Crippen molar-refractivity contribution in [3.8, 4) is 0 Å². The van der Waals surface area contributed by atoms with E-state index in [-0.39, 0.29) is 23.7 Å². The smallest absolute Gasteiger partial charge is 0.317 e. The number of nitro benzene ring substituents is 1. The molecule has 1 heterocycles. The van der Waals surface area contributed by atoms with Crippen molar-refractivity contribution in [3.63, 3.8) is 0 Å². The molecule has 3 amide bonds. The Labute approximate surface area is 182 Å². The van der Waals surface area contributed by atoms with Crippen molar-refractivity contribution < 1.29 is 14.5 Å². The lowest BCUT2D eigenvalue weighted by Gasteiger charge is -2.57. The van der Waals surface area contributed by atoms with Gasteiger partial charge in [0.1, 0.15) is 0 Å². The number of hydrogen-bond acceptors (Lipinski definition) is 4. The molecule has 4 aliphatic carbocycles. The first-order valence-corrected chi connectivity index (χ1v) is 11.5. The third-order valence-corrected chi connectivity index (χ3v) is 7.91. The number of nitro groups is 1. The Bertz CT molecular complexity index is 858. The first-order valence-electron chi connectivity index (χ1n) is 11.5. The fraction of sp³-hybridized carbons (Fsp3) is 0.652. The number of amides is 3. The highest BCUT2D eigenvalue weighted by molar-refractivity contribution is 5.84. The van der Waals surface area contributed by atoms with E-state index in [1.165, 1.54) is 31.4 Å². The summed E-state index contributed by atoms with van der Waals surface area (Å²) < 4.78 is 0. The fourth-order valence-electron chi connectivity index (χ4n) is 6.89. The number of urea groups is 1. The van der Waals surface area contributed by atoms with E-state index in [0.29, 0.717) is 37.6 Å². The maximum atomic E-state index is 13.5. The summed E-state index contributed by atoms with van der Waals surface area (Å²) in [5.74, 6) is 2.58. The maximum Gasteiger partial charge on any atom is 0.317 e. The number of hydrogen-bond donors (Lipinski definition) is 1. The minimum atomic E-state index is -0.439. The largest absolute Gasteiger partial charge is 0.339 e. The van der Waals surface area contributed by atoms with Crippen LogP contribution in [0.5, 0.6) is 0 Å². The molecule has 5 fully saturated rings. The predicted molar refractivity (Wildman–Crippen MR) is 114 cm³/mol. The number of nitrogens with one attached hydrogen (secondary N) is 1. The molecular formula is C23H30N4O4. The summed E-state index contributed by atoms with van der Waals surface area (Å²) in [4.78, 5) is 40.2. The Morgan fingerprint density at radius 2 is 1.58 bits per heavy atom. The van der Waals surface area contributed by atoms with E-state index in [4.69, 9.17) is 0 Å². The molecule has 5 aliphatic rings. The molecule has 0 atom stereocenters. The second-order valence-electron chi connectivity index (χ2n) is 10.1. The fourth-order valence-corrected chi connectivity index (χ4v) is 6.89. The molecule has 1 aromatic rings. The van der Waals surface area contributed by atoms with Crippen LogP contribution in [-0.2, 0) is 11.3 Å². The number of piperazine rings is 1. The third kappa shape index (κ3) is 3.88. The molecule has 4 bridgehead atoms. The second-order valence-corrected chi connectivity index (χ2v) is 10.1. The van der Waals surface area contributed by atoms with Crippen LogP contribution in [0.25, 0.3) is 0 Å². The van der Waals surface area contributed by atoms with E-state index in [2.05, 4.69) is 5.32 Å². The zero-order valence-corrected chi connectivity index (χ0v) is 17.8. The van der Waals surface area contributed by atoms with Crippen molar-refractivity contribution in [2.75, 3.05) is 26.2 Å². The Kier molecular flexibility index (Phi) is 5.10. The quantitative estimate of drug-likeness (QED) is 0.591. The molecule has 0 radical (unpaired) electrons. The van der Waals surface area contributed by atoms with Gasteiger partial charge in [-0.05, 0) is 61.8 Å². The van der Waals surface area contributed by atoms with Crippen LogP contribution in [0.1, 0.15) is 44.1 Å². The number of benzene rings is 1. The van der Waals surface area contributed by atoms with Gasteiger partial charge in [0.05, 0.1) is 10.3 Å². The summed E-state index contributed by atoms with van der Waals surface area (Å²) >= 11 is 0. The lowest BCUT2D eigenvalue weighted by Crippen LogP contribution is -2.59. The molecule has 1 N–H and O–H groups in total. The highest BCUT2D eigenvalue weighted by Gasteiger charge is 2.55. The molecule has 1 aromatic carbocycles. The SMILES string of the molecule is O=C(NCc1cccc([N+](=O)[O-])c1)N1CCN(C(=O)C23CC4CC(CC(C4)C2)C3)CC1. The van der Waals surface area contributed by atoms with Crippen molar-refractivity contribution in [1.29, 1.82) is 0 Å². The van der Waals surface area contributed by atoms with Crippen LogP contribution in [0, 0.1) is 33.3 Å². The van der Waals surface area contributed by atoms with E-state index in [0.717, 1.165) is 37.0 Å². The Hall–Kier alpha value is -2.64. The highest BCUT2D eigenvalue weighted by atomic mass is 16.6. The summed E-state index contributed by atoms with van der Waals surface area (Å²) in [7, 11) is 0. The average Bonchev–Trinajstić information content (AvgIpc) is 2.76. The van der Waals surface area contributed by atoms with Crippen LogP contribution >= 0.6 is 0 Å². The average molecular weight is 427 g/mol. The summed E-state index contributed by atoms with van der Waals surface area (Å²) in [5, 5.41) is 13.8. The van der Waals surface area contributed by atoms with Gasteiger partial charge in [-0.3, -0.25) is 14.9 Å². The maximum absolute atomic E-state index is 13.5. The summed E-state index contributed by atoms with van der Waals surface area (Å²) in [6.45, 7) is 2.47. The van der Waals surface area contributed by atoms with Gasteiger partial charge in [-0.2, -0.15) is 0 Å². The van der Waals surface area contributed by atoms with Gasteiger partial charge < -0.3 is 15.1 Å². The van der Waals surface area contributed by atoms with E-state index in [9.17, 15) is 19.7 Å².